The van der Waals surface area contributed by atoms with Crippen molar-refractivity contribution in [1.82, 2.24) is 19.9 Å². The fourth-order valence-electron chi connectivity index (χ4n) is 6.00. The van der Waals surface area contributed by atoms with Gasteiger partial charge in [-0.3, -0.25) is 19.6 Å². The summed E-state index contributed by atoms with van der Waals surface area (Å²) in [5.74, 6) is 0. The summed E-state index contributed by atoms with van der Waals surface area (Å²) in [6.45, 7) is 4.45. The lowest BCUT2D eigenvalue weighted by Crippen LogP contribution is -2.27. The molecule has 0 aliphatic rings. The summed E-state index contributed by atoms with van der Waals surface area (Å²) in [6.07, 6.45) is 26.7. The fraction of sp³-hybridized carbons (Fsp3) is 0.647. The van der Waals surface area contributed by atoms with E-state index in [1.165, 1.54) is 83.5 Å². The molecule has 0 saturated heterocycles. The average molecular weight is 581 g/mol. The van der Waals surface area contributed by atoms with Gasteiger partial charge < -0.3 is 9.97 Å². The quantitative estimate of drug-likeness (QED) is 0.0757. The summed E-state index contributed by atoms with van der Waals surface area (Å²) < 4.78 is 0. The number of rotatable bonds is 21. The predicted octanol–water partition coefficient (Wildman–Crippen LogP) is 7.75. The van der Waals surface area contributed by atoms with E-state index in [1.54, 1.807) is 0 Å². The standard InChI is InChI=1S/C34H52N4O4/c1-3-5-7-9-11-13-15-17-19-21-23-25-27-30(36-34(42)37-31(27)39)26(28-29(25)35-33(41)38-32(28)40)24-22-20-18-16-14-12-10-8-6-4-2/h21,23H,3-20,22,24H2,1-2H3,(H2,35,38,40,41)(H2,36,37,39,42). The second-order valence-corrected chi connectivity index (χ2v) is 11.8. The number of nitrogens with one attached hydrogen (secondary N) is 4. The molecule has 1 aromatic carbocycles. The molecular weight excluding hydrogens is 528 g/mol. The van der Waals surface area contributed by atoms with Gasteiger partial charge >= 0.3 is 11.4 Å². The van der Waals surface area contributed by atoms with Gasteiger partial charge in [0.25, 0.3) is 11.1 Å². The third-order valence-electron chi connectivity index (χ3n) is 8.32. The van der Waals surface area contributed by atoms with E-state index in [-0.39, 0.29) is 0 Å². The molecule has 0 saturated carbocycles. The van der Waals surface area contributed by atoms with Gasteiger partial charge in [-0.1, -0.05) is 129 Å². The Balaban J connectivity index is 1.78. The Morgan fingerprint density at radius 3 is 1.50 bits per heavy atom. The highest BCUT2D eigenvalue weighted by atomic mass is 16.2. The van der Waals surface area contributed by atoms with Crippen molar-refractivity contribution in [1.29, 1.82) is 0 Å². The van der Waals surface area contributed by atoms with Gasteiger partial charge in [0.15, 0.2) is 0 Å². The molecule has 0 bridgehead atoms. The van der Waals surface area contributed by atoms with Crippen molar-refractivity contribution >= 4 is 27.9 Å². The van der Waals surface area contributed by atoms with Gasteiger partial charge in [0.05, 0.1) is 21.8 Å². The molecule has 0 aliphatic carbocycles. The number of H-pyrrole nitrogens is 4. The Morgan fingerprint density at radius 2 is 0.952 bits per heavy atom. The molecule has 3 aromatic rings. The lowest BCUT2D eigenvalue weighted by molar-refractivity contribution is 0.556. The summed E-state index contributed by atoms with van der Waals surface area (Å²) in [6, 6.07) is 0. The lowest BCUT2D eigenvalue weighted by Gasteiger charge is -2.13. The molecule has 8 nitrogen and oxygen atoms in total. The molecule has 4 N–H and O–H groups in total. The van der Waals surface area contributed by atoms with Gasteiger partial charge in [-0.2, -0.15) is 0 Å². The van der Waals surface area contributed by atoms with E-state index in [9.17, 15) is 19.2 Å². The van der Waals surface area contributed by atoms with Crippen LogP contribution in [0.25, 0.3) is 27.9 Å². The molecule has 232 valence electrons. The van der Waals surface area contributed by atoms with Crippen LogP contribution in [0.15, 0.2) is 25.3 Å². The van der Waals surface area contributed by atoms with Crippen molar-refractivity contribution in [2.24, 2.45) is 0 Å². The molecular formula is C34H52N4O4. The minimum atomic E-state index is -0.615. The van der Waals surface area contributed by atoms with Gasteiger partial charge in [0.2, 0.25) is 0 Å². The zero-order valence-corrected chi connectivity index (χ0v) is 25.9. The van der Waals surface area contributed by atoms with Crippen LogP contribution in [0.3, 0.4) is 0 Å². The molecule has 2 heterocycles. The van der Waals surface area contributed by atoms with E-state index in [2.05, 4.69) is 33.8 Å². The molecule has 0 fully saturated rings. The Hall–Kier alpha value is -3.16. The van der Waals surface area contributed by atoms with Gasteiger partial charge in [-0.05, 0) is 31.2 Å². The third kappa shape index (κ3) is 9.99. The smallest absolute Gasteiger partial charge is 0.307 e. The Kier molecular flexibility index (Phi) is 14.6. The zero-order chi connectivity index (χ0) is 30.2. The molecule has 0 radical (unpaired) electrons. The van der Waals surface area contributed by atoms with E-state index in [0.717, 1.165) is 38.5 Å². The SMILES string of the molecule is CCCCCCCCCCC=Cc1c2[nH]c(=O)[nH]c(=O)c2c(CCCCCCCCCCCC)c2[nH]c(=O)[nH]c(=O)c12. The van der Waals surface area contributed by atoms with Crippen LogP contribution in [0.1, 0.15) is 147 Å². The molecule has 0 amide bonds. The third-order valence-corrected chi connectivity index (χ3v) is 8.32. The van der Waals surface area contributed by atoms with Crippen LogP contribution in [0.4, 0.5) is 0 Å². The van der Waals surface area contributed by atoms with Crippen molar-refractivity contribution in [3.63, 3.8) is 0 Å². The van der Waals surface area contributed by atoms with Crippen molar-refractivity contribution in [3.8, 4) is 0 Å². The largest absolute Gasteiger partial charge is 0.326 e. The van der Waals surface area contributed by atoms with Crippen molar-refractivity contribution in [2.75, 3.05) is 0 Å². The number of aryl methyl sites for hydroxylation is 1. The van der Waals surface area contributed by atoms with Crippen LogP contribution in [-0.2, 0) is 6.42 Å². The van der Waals surface area contributed by atoms with Crippen molar-refractivity contribution < 1.29 is 0 Å². The van der Waals surface area contributed by atoms with Crippen LogP contribution in [0.2, 0.25) is 0 Å². The van der Waals surface area contributed by atoms with Crippen LogP contribution in [0, 0.1) is 0 Å². The predicted molar refractivity (Wildman–Crippen MR) is 176 cm³/mol. The summed E-state index contributed by atoms with van der Waals surface area (Å²) in [5.41, 5.74) is -0.433. The van der Waals surface area contributed by atoms with Gasteiger partial charge in [0.1, 0.15) is 0 Å². The molecule has 0 unspecified atom stereocenters. The summed E-state index contributed by atoms with van der Waals surface area (Å²) in [5, 5.41) is 0.642. The highest BCUT2D eigenvalue weighted by Gasteiger charge is 2.19. The van der Waals surface area contributed by atoms with Crippen LogP contribution in [0.5, 0.6) is 0 Å². The highest BCUT2D eigenvalue weighted by molar-refractivity contribution is 6.06. The molecule has 0 spiro atoms. The maximum absolute atomic E-state index is 13.1. The molecule has 0 atom stereocenters. The number of benzene rings is 1. The van der Waals surface area contributed by atoms with E-state index in [0.29, 0.717) is 39.4 Å². The summed E-state index contributed by atoms with van der Waals surface area (Å²) in [7, 11) is 0. The second kappa shape index (κ2) is 18.4. The number of hydrogen-bond acceptors (Lipinski definition) is 4. The molecule has 8 heteroatoms. The lowest BCUT2D eigenvalue weighted by atomic mass is 9.94. The minimum absolute atomic E-state index is 0.303. The monoisotopic (exact) mass is 580 g/mol. The van der Waals surface area contributed by atoms with Crippen molar-refractivity contribution in [3.05, 3.63) is 58.9 Å². The summed E-state index contributed by atoms with van der Waals surface area (Å²) in [4.78, 5) is 61.3. The molecule has 42 heavy (non-hydrogen) atoms. The first-order chi connectivity index (χ1) is 20.5. The zero-order valence-electron chi connectivity index (χ0n) is 25.9. The van der Waals surface area contributed by atoms with Gasteiger partial charge in [0, 0.05) is 5.56 Å². The maximum atomic E-state index is 13.1. The molecule has 2 aromatic heterocycles. The van der Waals surface area contributed by atoms with Crippen LogP contribution < -0.4 is 22.5 Å². The second-order valence-electron chi connectivity index (χ2n) is 11.8. The molecule has 0 aliphatic heterocycles. The summed E-state index contributed by atoms with van der Waals surface area (Å²) >= 11 is 0. The number of allylic oxidation sites excluding steroid dienone is 1. The van der Waals surface area contributed by atoms with E-state index < -0.39 is 22.5 Å². The highest BCUT2D eigenvalue weighted by Crippen LogP contribution is 2.29. The maximum Gasteiger partial charge on any atom is 0.326 e. The molecule has 3 rings (SSSR count). The van der Waals surface area contributed by atoms with Gasteiger partial charge in [-0.15, -0.1) is 0 Å². The van der Waals surface area contributed by atoms with E-state index in [1.807, 2.05) is 12.2 Å². The number of aromatic amines is 4. The number of unbranched alkanes of at least 4 members (excludes halogenated alkanes) is 17. The number of hydrogen-bond donors (Lipinski definition) is 4. The van der Waals surface area contributed by atoms with E-state index >= 15 is 0 Å². The Morgan fingerprint density at radius 1 is 0.500 bits per heavy atom. The fourth-order valence-corrected chi connectivity index (χ4v) is 6.00. The average Bonchev–Trinajstić information content (AvgIpc) is 2.95. The topological polar surface area (TPSA) is 131 Å². The van der Waals surface area contributed by atoms with E-state index in [4.69, 9.17) is 0 Å². The first-order valence-corrected chi connectivity index (χ1v) is 16.6. The van der Waals surface area contributed by atoms with Crippen molar-refractivity contribution in [2.45, 2.75) is 142 Å². The minimum Gasteiger partial charge on any atom is -0.307 e. The first kappa shape index (κ1) is 33.3. The number of aromatic nitrogens is 4. The van der Waals surface area contributed by atoms with Crippen LogP contribution >= 0.6 is 0 Å². The van der Waals surface area contributed by atoms with Gasteiger partial charge in [-0.25, -0.2) is 9.59 Å². The Labute approximate surface area is 248 Å². The first-order valence-electron chi connectivity index (χ1n) is 16.6. The Bertz CT molecular complexity index is 1510. The normalized spacial score (nSPS) is 11.9. The van der Waals surface area contributed by atoms with Crippen LogP contribution in [-0.4, -0.2) is 19.9 Å². The number of fused-ring (bicyclic) bond motifs is 2.